The van der Waals surface area contributed by atoms with E-state index in [0.29, 0.717) is 17.3 Å². The van der Waals surface area contributed by atoms with E-state index in [1.54, 1.807) is 6.07 Å². The van der Waals surface area contributed by atoms with Crippen LogP contribution in [0.5, 0.6) is 0 Å². The van der Waals surface area contributed by atoms with Crippen LogP contribution in [-0.4, -0.2) is 31.6 Å². The third-order valence-corrected chi connectivity index (χ3v) is 6.49. The summed E-state index contributed by atoms with van der Waals surface area (Å²) in [6.07, 6.45) is 2.14. The molecule has 3 aromatic heterocycles. The van der Waals surface area contributed by atoms with E-state index in [1.165, 1.54) is 22.1 Å². The molecule has 0 aliphatic heterocycles. The lowest BCUT2D eigenvalue weighted by atomic mass is 10.1. The minimum absolute atomic E-state index is 0.131. The Bertz CT molecular complexity index is 1510. The van der Waals surface area contributed by atoms with Gasteiger partial charge in [-0.15, -0.1) is 11.3 Å². The number of thiazole rings is 1. The first kappa shape index (κ1) is 22.1. The van der Waals surface area contributed by atoms with E-state index in [9.17, 15) is 9.59 Å². The van der Waals surface area contributed by atoms with E-state index in [0.717, 1.165) is 27.5 Å². The van der Waals surface area contributed by atoms with E-state index in [1.807, 2.05) is 70.6 Å². The van der Waals surface area contributed by atoms with Gasteiger partial charge >= 0.3 is 0 Å². The maximum Gasteiger partial charge on any atom is 0.266 e. The van der Waals surface area contributed by atoms with Crippen LogP contribution in [0, 0.1) is 0 Å². The molecule has 9 heteroatoms. The molecule has 0 radical (unpaired) electrons. The second kappa shape index (κ2) is 9.62. The molecular weight excluding hydrogens is 470 g/mol. The maximum atomic E-state index is 12.6. The fourth-order valence-electron chi connectivity index (χ4n) is 3.62. The normalized spacial score (nSPS) is 11.1. The van der Waals surface area contributed by atoms with Crippen molar-refractivity contribution in [1.29, 1.82) is 0 Å². The average molecular weight is 490 g/mol. The van der Waals surface area contributed by atoms with Gasteiger partial charge in [0, 0.05) is 46.0 Å². The smallest absolute Gasteiger partial charge is 0.266 e. The van der Waals surface area contributed by atoms with E-state index in [4.69, 9.17) is 11.6 Å². The fraction of sp³-hybridized carbons (Fsp3) is 0.120. The number of aromatic nitrogens is 4. The molecule has 170 valence electrons. The summed E-state index contributed by atoms with van der Waals surface area (Å²) in [5, 5.41) is 9.92. The van der Waals surface area contributed by atoms with E-state index in [-0.39, 0.29) is 24.4 Å². The summed E-state index contributed by atoms with van der Waals surface area (Å²) in [6.45, 7) is 0.591. The monoisotopic (exact) mass is 489 g/mol. The number of carbonyl (C=O) groups is 1. The Morgan fingerprint density at radius 2 is 1.74 bits per heavy atom. The fourth-order valence-corrected chi connectivity index (χ4v) is 4.62. The van der Waals surface area contributed by atoms with Gasteiger partial charge in [-0.1, -0.05) is 54.1 Å². The van der Waals surface area contributed by atoms with Crippen molar-refractivity contribution in [1.82, 2.24) is 24.5 Å². The van der Waals surface area contributed by atoms with Crippen LogP contribution >= 0.6 is 22.9 Å². The third-order valence-electron chi connectivity index (χ3n) is 5.35. The van der Waals surface area contributed by atoms with Gasteiger partial charge in [0.15, 0.2) is 4.96 Å². The van der Waals surface area contributed by atoms with Crippen molar-refractivity contribution in [2.75, 3.05) is 6.54 Å². The van der Waals surface area contributed by atoms with Crippen molar-refractivity contribution in [3.63, 3.8) is 0 Å². The molecule has 0 fully saturated rings. The summed E-state index contributed by atoms with van der Waals surface area (Å²) in [6, 6.07) is 20.4. The summed E-state index contributed by atoms with van der Waals surface area (Å²) in [5.41, 5.74) is 4.08. The zero-order valence-electron chi connectivity index (χ0n) is 18.0. The molecule has 34 heavy (non-hydrogen) atoms. The molecule has 0 saturated heterocycles. The second-order valence-electron chi connectivity index (χ2n) is 7.69. The Hall–Kier alpha value is -3.75. The van der Waals surface area contributed by atoms with Crippen LogP contribution in [0.25, 0.3) is 27.5 Å². The standard InChI is InChI=1S/C25H20ClN5O2S/c26-19-8-6-18(7-9-19)22-15-30-20(16-34-25(30)28-22)14-23(32)27-12-13-31-24(33)11-10-21(29-31)17-4-2-1-3-5-17/h1-11,15-16H,12-14H2,(H,27,32). The number of benzene rings is 2. The molecule has 1 N–H and O–H groups in total. The van der Waals surface area contributed by atoms with Crippen LogP contribution in [0.15, 0.2) is 83.1 Å². The molecular formula is C25H20ClN5O2S. The predicted octanol–water partition coefficient (Wildman–Crippen LogP) is 4.30. The zero-order chi connectivity index (χ0) is 23.5. The van der Waals surface area contributed by atoms with Gasteiger partial charge in [-0.05, 0) is 18.2 Å². The Labute approximate surface area is 204 Å². The average Bonchev–Trinajstić information content (AvgIpc) is 3.43. The van der Waals surface area contributed by atoms with Gasteiger partial charge in [0.1, 0.15) is 0 Å². The molecule has 1 amide bonds. The number of hydrogen-bond acceptors (Lipinski definition) is 5. The van der Waals surface area contributed by atoms with Gasteiger partial charge in [0.25, 0.3) is 5.56 Å². The number of amides is 1. The molecule has 0 saturated carbocycles. The molecule has 5 rings (SSSR count). The van der Waals surface area contributed by atoms with Gasteiger partial charge in [-0.3, -0.25) is 14.0 Å². The molecule has 3 heterocycles. The molecule has 0 spiro atoms. The number of nitrogens with zero attached hydrogens (tertiary/aromatic N) is 4. The van der Waals surface area contributed by atoms with Gasteiger partial charge in [0.2, 0.25) is 5.91 Å². The second-order valence-corrected chi connectivity index (χ2v) is 8.96. The molecule has 0 aliphatic carbocycles. The van der Waals surface area contributed by atoms with E-state index in [2.05, 4.69) is 15.4 Å². The highest BCUT2D eigenvalue weighted by atomic mass is 35.5. The molecule has 0 unspecified atom stereocenters. The quantitative estimate of drug-likeness (QED) is 0.369. The predicted molar refractivity (Wildman–Crippen MR) is 134 cm³/mol. The van der Waals surface area contributed by atoms with Crippen LogP contribution in [0.3, 0.4) is 0 Å². The van der Waals surface area contributed by atoms with Crippen molar-refractivity contribution in [3.8, 4) is 22.5 Å². The summed E-state index contributed by atoms with van der Waals surface area (Å²) in [4.78, 5) is 30.2. The third kappa shape index (κ3) is 4.78. The summed E-state index contributed by atoms with van der Waals surface area (Å²) in [5.74, 6) is -0.131. The molecule has 7 nitrogen and oxygen atoms in total. The molecule has 0 bridgehead atoms. The van der Waals surface area contributed by atoms with E-state index >= 15 is 0 Å². The van der Waals surface area contributed by atoms with Crippen molar-refractivity contribution in [2.24, 2.45) is 0 Å². The van der Waals surface area contributed by atoms with Crippen LogP contribution in [0.4, 0.5) is 0 Å². The van der Waals surface area contributed by atoms with Gasteiger partial charge in [0.05, 0.1) is 24.4 Å². The lowest BCUT2D eigenvalue weighted by molar-refractivity contribution is -0.120. The van der Waals surface area contributed by atoms with Crippen LogP contribution in [-0.2, 0) is 17.8 Å². The Morgan fingerprint density at radius 3 is 2.53 bits per heavy atom. The zero-order valence-corrected chi connectivity index (χ0v) is 19.6. The molecule has 0 atom stereocenters. The highest BCUT2D eigenvalue weighted by molar-refractivity contribution is 7.15. The van der Waals surface area contributed by atoms with Crippen LogP contribution in [0.2, 0.25) is 5.02 Å². The lowest BCUT2D eigenvalue weighted by Gasteiger charge is -2.08. The maximum absolute atomic E-state index is 12.6. The van der Waals surface area contributed by atoms with Crippen molar-refractivity contribution in [3.05, 3.63) is 99.4 Å². The molecule has 2 aromatic carbocycles. The number of imidazole rings is 1. The highest BCUT2D eigenvalue weighted by Gasteiger charge is 2.13. The summed E-state index contributed by atoms with van der Waals surface area (Å²) in [7, 11) is 0. The Morgan fingerprint density at radius 1 is 0.971 bits per heavy atom. The van der Waals surface area contributed by atoms with Gasteiger partial charge in [-0.25, -0.2) is 9.67 Å². The first-order valence-corrected chi connectivity index (χ1v) is 11.9. The molecule has 5 aromatic rings. The largest absolute Gasteiger partial charge is 0.354 e. The van der Waals surface area contributed by atoms with Crippen molar-refractivity contribution < 1.29 is 4.79 Å². The first-order valence-electron chi connectivity index (χ1n) is 10.7. The van der Waals surface area contributed by atoms with E-state index < -0.39 is 0 Å². The Kier molecular flexibility index (Phi) is 6.24. The number of fused-ring (bicyclic) bond motifs is 1. The topological polar surface area (TPSA) is 81.3 Å². The SMILES string of the molecule is O=C(Cc1csc2nc(-c3ccc(Cl)cc3)cn12)NCCn1nc(-c2ccccc2)ccc1=O. The lowest BCUT2D eigenvalue weighted by Crippen LogP contribution is -2.32. The van der Waals surface area contributed by atoms with Gasteiger partial charge in [-0.2, -0.15) is 5.10 Å². The van der Waals surface area contributed by atoms with Crippen molar-refractivity contribution in [2.45, 2.75) is 13.0 Å². The minimum Gasteiger partial charge on any atom is -0.354 e. The Balaban J connectivity index is 1.22. The number of nitrogens with one attached hydrogen (secondary N) is 1. The van der Waals surface area contributed by atoms with Crippen molar-refractivity contribution >= 4 is 33.8 Å². The van der Waals surface area contributed by atoms with Crippen LogP contribution in [0.1, 0.15) is 5.69 Å². The first-order chi connectivity index (χ1) is 16.6. The van der Waals surface area contributed by atoms with Crippen LogP contribution < -0.4 is 10.9 Å². The molecule has 0 aliphatic rings. The summed E-state index contributed by atoms with van der Waals surface area (Å²) < 4.78 is 3.31. The number of halogens is 1. The summed E-state index contributed by atoms with van der Waals surface area (Å²) >= 11 is 7.46. The number of carbonyl (C=O) groups excluding carboxylic acids is 1. The van der Waals surface area contributed by atoms with Gasteiger partial charge < -0.3 is 5.32 Å². The number of hydrogen-bond donors (Lipinski definition) is 1. The minimum atomic E-state index is -0.207. The highest BCUT2D eigenvalue weighted by Crippen LogP contribution is 2.25. The number of rotatable bonds is 7.